The van der Waals surface area contributed by atoms with Crippen LogP contribution in [0.25, 0.3) is 0 Å². The van der Waals surface area contributed by atoms with Crippen LogP contribution in [0, 0.1) is 10.1 Å². The molecule has 0 heterocycles. The molecule has 124 valence electrons. The molecular formula is C14H9Br2N3O5. The van der Waals surface area contributed by atoms with Gasteiger partial charge in [0.2, 0.25) is 5.75 Å². The number of carbonyl (C=O) groups excluding carboxylic acids is 1. The van der Waals surface area contributed by atoms with E-state index in [-0.39, 0.29) is 11.3 Å². The quantitative estimate of drug-likeness (QED) is 0.368. The van der Waals surface area contributed by atoms with Crippen molar-refractivity contribution in [2.75, 3.05) is 0 Å². The van der Waals surface area contributed by atoms with Gasteiger partial charge in [-0.15, -0.1) is 0 Å². The second kappa shape index (κ2) is 7.41. The molecule has 10 heteroatoms. The first-order valence-electron chi connectivity index (χ1n) is 6.29. The van der Waals surface area contributed by atoms with Crippen LogP contribution in [0.3, 0.4) is 0 Å². The second-order valence-corrected chi connectivity index (χ2v) is 6.23. The lowest BCUT2D eigenvalue weighted by molar-refractivity contribution is -0.385. The molecule has 2 rings (SSSR count). The highest BCUT2D eigenvalue weighted by Gasteiger charge is 2.20. The number of para-hydroxylation sites is 1. The molecule has 0 atom stereocenters. The van der Waals surface area contributed by atoms with Gasteiger partial charge in [-0.2, -0.15) is 5.10 Å². The number of nitrogens with zero attached hydrogens (tertiary/aromatic N) is 2. The third-order valence-corrected chi connectivity index (χ3v) is 3.95. The van der Waals surface area contributed by atoms with Gasteiger partial charge in [-0.25, -0.2) is 5.43 Å². The molecular weight excluding hydrogens is 450 g/mol. The fourth-order valence-electron chi connectivity index (χ4n) is 1.77. The van der Waals surface area contributed by atoms with Gasteiger partial charge in [0, 0.05) is 16.1 Å². The summed E-state index contributed by atoms with van der Waals surface area (Å²) in [6.07, 6.45) is 1.19. The summed E-state index contributed by atoms with van der Waals surface area (Å²) in [7, 11) is 0. The molecule has 0 saturated heterocycles. The van der Waals surface area contributed by atoms with Crippen LogP contribution in [0.15, 0.2) is 44.4 Å². The summed E-state index contributed by atoms with van der Waals surface area (Å²) in [5.41, 5.74) is 1.57. The number of hydrazone groups is 1. The van der Waals surface area contributed by atoms with Crippen LogP contribution in [0.1, 0.15) is 15.9 Å². The Morgan fingerprint density at radius 3 is 2.62 bits per heavy atom. The summed E-state index contributed by atoms with van der Waals surface area (Å²) in [4.78, 5) is 21.9. The number of hydrogen-bond acceptors (Lipinski definition) is 6. The molecule has 0 spiro atoms. The van der Waals surface area contributed by atoms with Crippen molar-refractivity contribution in [3.63, 3.8) is 0 Å². The lowest BCUT2D eigenvalue weighted by atomic mass is 10.1. The lowest BCUT2D eigenvalue weighted by Crippen LogP contribution is -2.18. The fourth-order valence-corrected chi connectivity index (χ4v) is 3.03. The zero-order valence-electron chi connectivity index (χ0n) is 11.7. The summed E-state index contributed by atoms with van der Waals surface area (Å²) in [6, 6.07) is 6.77. The Morgan fingerprint density at radius 1 is 1.25 bits per heavy atom. The molecule has 0 saturated carbocycles. The van der Waals surface area contributed by atoms with Crippen molar-refractivity contribution in [1.82, 2.24) is 5.43 Å². The number of amides is 1. The highest BCUT2D eigenvalue weighted by molar-refractivity contribution is 9.11. The minimum Gasteiger partial charge on any atom is -0.506 e. The van der Waals surface area contributed by atoms with Crippen LogP contribution < -0.4 is 5.43 Å². The van der Waals surface area contributed by atoms with Crippen molar-refractivity contribution < 1.29 is 19.9 Å². The van der Waals surface area contributed by atoms with Crippen LogP contribution in [-0.4, -0.2) is 27.3 Å². The van der Waals surface area contributed by atoms with Crippen LogP contribution >= 0.6 is 31.9 Å². The van der Waals surface area contributed by atoms with Gasteiger partial charge >= 0.3 is 5.69 Å². The first-order valence-corrected chi connectivity index (χ1v) is 7.87. The third-order valence-electron chi connectivity index (χ3n) is 2.88. The van der Waals surface area contributed by atoms with E-state index in [4.69, 9.17) is 0 Å². The molecule has 0 aromatic heterocycles. The van der Waals surface area contributed by atoms with Gasteiger partial charge < -0.3 is 10.2 Å². The Hall–Kier alpha value is -2.46. The molecule has 0 fully saturated rings. The van der Waals surface area contributed by atoms with E-state index in [0.29, 0.717) is 14.5 Å². The molecule has 0 radical (unpaired) electrons. The molecule has 0 bridgehead atoms. The number of phenols is 2. The monoisotopic (exact) mass is 457 g/mol. The molecule has 2 aromatic carbocycles. The molecule has 3 N–H and O–H groups in total. The van der Waals surface area contributed by atoms with E-state index in [1.807, 2.05) is 0 Å². The van der Waals surface area contributed by atoms with Gasteiger partial charge in [-0.1, -0.05) is 22.0 Å². The van der Waals surface area contributed by atoms with Gasteiger partial charge in [0.05, 0.1) is 21.2 Å². The van der Waals surface area contributed by atoms with Crippen molar-refractivity contribution >= 4 is 49.7 Å². The average molecular weight is 459 g/mol. The molecule has 0 aliphatic carbocycles. The molecule has 0 unspecified atom stereocenters. The largest absolute Gasteiger partial charge is 0.506 e. The Bertz CT molecular complexity index is 855. The van der Waals surface area contributed by atoms with Gasteiger partial charge in [-0.3, -0.25) is 14.9 Å². The summed E-state index contributed by atoms with van der Waals surface area (Å²) in [5, 5.41) is 34.0. The maximum Gasteiger partial charge on any atom is 0.311 e. The number of nitro groups is 1. The van der Waals surface area contributed by atoms with E-state index in [1.54, 1.807) is 12.1 Å². The van der Waals surface area contributed by atoms with Crippen molar-refractivity contribution in [2.45, 2.75) is 0 Å². The minimum absolute atomic E-state index is 0.0746. The van der Waals surface area contributed by atoms with Gasteiger partial charge in [-0.05, 0) is 34.1 Å². The van der Waals surface area contributed by atoms with Crippen molar-refractivity contribution in [3.8, 4) is 11.5 Å². The van der Waals surface area contributed by atoms with Crippen LogP contribution in [0.2, 0.25) is 0 Å². The van der Waals surface area contributed by atoms with E-state index in [0.717, 1.165) is 6.07 Å². The summed E-state index contributed by atoms with van der Waals surface area (Å²) < 4.78 is 1.11. The van der Waals surface area contributed by atoms with Crippen LogP contribution in [0.4, 0.5) is 5.69 Å². The number of phenolic OH excluding ortho intramolecular Hbond substituents is 2. The van der Waals surface area contributed by atoms with E-state index < -0.39 is 22.3 Å². The number of carbonyl (C=O) groups is 1. The number of hydrogen-bond donors (Lipinski definition) is 3. The number of aromatic hydroxyl groups is 2. The molecule has 1 amide bonds. The summed E-state index contributed by atoms with van der Waals surface area (Å²) >= 11 is 6.41. The standard InChI is InChI=1S/C14H9Br2N3O5/c15-8-4-7(12(20)10(16)5-8)6-17-18-14(22)9-2-1-3-11(13(9)21)19(23)24/h1-6,20-21H,(H,18,22)/b17-6-. The van der Waals surface area contributed by atoms with E-state index in [2.05, 4.69) is 42.4 Å². The molecule has 2 aromatic rings. The second-order valence-electron chi connectivity index (χ2n) is 4.45. The van der Waals surface area contributed by atoms with Crippen molar-refractivity contribution in [1.29, 1.82) is 0 Å². The predicted molar refractivity (Wildman–Crippen MR) is 93.3 cm³/mol. The Kier molecular flexibility index (Phi) is 5.52. The number of nitro benzene ring substituents is 1. The van der Waals surface area contributed by atoms with E-state index in [1.165, 1.54) is 18.3 Å². The zero-order chi connectivity index (χ0) is 17.9. The van der Waals surface area contributed by atoms with Crippen LogP contribution in [-0.2, 0) is 0 Å². The van der Waals surface area contributed by atoms with Crippen molar-refractivity contribution in [2.24, 2.45) is 5.10 Å². The maximum atomic E-state index is 12.0. The highest BCUT2D eigenvalue weighted by atomic mass is 79.9. The topological polar surface area (TPSA) is 125 Å². The Labute approximate surface area is 152 Å². The number of benzene rings is 2. The lowest BCUT2D eigenvalue weighted by Gasteiger charge is -2.04. The fraction of sp³-hybridized carbons (Fsp3) is 0. The van der Waals surface area contributed by atoms with Gasteiger partial charge in [0.15, 0.2) is 0 Å². The Morgan fingerprint density at radius 2 is 1.96 bits per heavy atom. The average Bonchev–Trinajstić information content (AvgIpc) is 2.51. The van der Waals surface area contributed by atoms with Crippen molar-refractivity contribution in [3.05, 3.63) is 60.5 Å². The number of rotatable bonds is 4. The number of nitrogens with one attached hydrogen (secondary N) is 1. The highest BCUT2D eigenvalue weighted by Crippen LogP contribution is 2.31. The molecule has 0 aliphatic rings. The van der Waals surface area contributed by atoms with Gasteiger partial charge in [0.25, 0.3) is 5.91 Å². The van der Waals surface area contributed by atoms with E-state index in [9.17, 15) is 25.1 Å². The molecule has 24 heavy (non-hydrogen) atoms. The number of halogens is 2. The maximum absolute atomic E-state index is 12.0. The smallest absolute Gasteiger partial charge is 0.311 e. The van der Waals surface area contributed by atoms with Gasteiger partial charge in [0.1, 0.15) is 5.75 Å². The SMILES string of the molecule is O=C(N/N=C\c1cc(Br)cc(Br)c1O)c1cccc([N+](=O)[O-])c1O. The Balaban J connectivity index is 2.20. The molecule has 8 nitrogen and oxygen atoms in total. The zero-order valence-corrected chi connectivity index (χ0v) is 14.9. The minimum atomic E-state index is -0.832. The summed E-state index contributed by atoms with van der Waals surface area (Å²) in [5.74, 6) is -1.65. The third kappa shape index (κ3) is 3.89. The summed E-state index contributed by atoms with van der Waals surface area (Å²) in [6.45, 7) is 0. The predicted octanol–water partition coefficient (Wildman–Crippen LogP) is 3.29. The first-order chi connectivity index (χ1) is 11.3. The molecule has 0 aliphatic heterocycles. The van der Waals surface area contributed by atoms with Crippen LogP contribution in [0.5, 0.6) is 11.5 Å². The normalized spacial score (nSPS) is 10.8. The van der Waals surface area contributed by atoms with E-state index >= 15 is 0 Å². The first kappa shape index (κ1) is 17.9.